The number of hydrogen-bond donors (Lipinski definition) is 3. The number of aliphatic hydroxyl groups excluding tert-OH is 1. The van der Waals surface area contributed by atoms with Gasteiger partial charge in [-0.2, -0.15) is 13.2 Å². The Balaban J connectivity index is 0.00000196. The van der Waals surface area contributed by atoms with Gasteiger partial charge in [0, 0.05) is 18.7 Å². The summed E-state index contributed by atoms with van der Waals surface area (Å²) in [6.45, 7) is 1.99. The molecule has 2 aromatic rings. The van der Waals surface area contributed by atoms with Crippen LogP contribution >= 0.6 is 36.2 Å². The molecule has 1 aromatic carbocycles. The second-order valence-corrected chi connectivity index (χ2v) is 7.07. The van der Waals surface area contributed by atoms with E-state index in [1.54, 1.807) is 13.0 Å². The van der Waals surface area contributed by atoms with Crippen LogP contribution in [0.15, 0.2) is 23.7 Å². The van der Waals surface area contributed by atoms with Crippen molar-refractivity contribution in [3.63, 3.8) is 0 Å². The molecule has 5 nitrogen and oxygen atoms in total. The fourth-order valence-electron chi connectivity index (χ4n) is 2.92. The molecular weight excluding hydrogens is 438 g/mol. The molecule has 1 amide bonds. The van der Waals surface area contributed by atoms with Crippen LogP contribution in [0, 0.1) is 6.92 Å². The highest BCUT2D eigenvalue weighted by molar-refractivity contribution is 7.13. The average molecular weight is 458 g/mol. The highest BCUT2D eigenvalue weighted by atomic mass is 35.5. The molecule has 0 spiro atoms. The summed E-state index contributed by atoms with van der Waals surface area (Å²) in [6.07, 6.45) is -4.80. The standard InChI is InChI=1S/C17H18F3N3O2S.2ClH/c1-9-15(26-8-23-9)12-3-2-10(4-13(12)17(18,19)20)6-22-16(25)14-5-11(24)7-21-14;;/h2-4,8,11,14,21,24H,5-7H2,1H3,(H,22,25);2*1H/t11-,14+;;/m1../s1. The molecule has 0 bridgehead atoms. The minimum atomic E-state index is -4.51. The van der Waals surface area contributed by atoms with Crippen molar-refractivity contribution in [1.82, 2.24) is 15.6 Å². The van der Waals surface area contributed by atoms with E-state index in [0.717, 1.165) is 17.4 Å². The van der Waals surface area contributed by atoms with Gasteiger partial charge in [0.2, 0.25) is 5.91 Å². The Morgan fingerprint density at radius 1 is 1.39 bits per heavy atom. The van der Waals surface area contributed by atoms with Crippen LogP contribution in [-0.2, 0) is 17.5 Å². The molecule has 1 fully saturated rings. The van der Waals surface area contributed by atoms with Crippen LogP contribution in [0.4, 0.5) is 13.2 Å². The highest BCUT2D eigenvalue weighted by Gasteiger charge is 2.35. The number of carbonyl (C=O) groups excluding carboxylic acids is 1. The van der Waals surface area contributed by atoms with Gasteiger partial charge in [-0.15, -0.1) is 36.2 Å². The number of aromatic nitrogens is 1. The van der Waals surface area contributed by atoms with Gasteiger partial charge in [-0.3, -0.25) is 4.79 Å². The highest BCUT2D eigenvalue weighted by Crippen LogP contribution is 2.40. The van der Waals surface area contributed by atoms with E-state index < -0.39 is 23.9 Å². The predicted molar refractivity (Wildman–Crippen MR) is 106 cm³/mol. The maximum Gasteiger partial charge on any atom is 0.417 e. The maximum absolute atomic E-state index is 13.5. The zero-order chi connectivity index (χ0) is 18.9. The number of halogens is 5. The van der Waals surface area contributed by atoms with Gasteiger partial charge < -0.3 is 15.7 Å². The van der Waals surface area contributed by atoms with Crippen LogP contribution in [0.3, 0.4) is 0 Å². The van der Waals surface area contributed by atoms with Gasteiger partial charge in [0.15, 0.2) is 0 Å². The summed E-state index contributed by atoms with van der Waals surface area (Å²) in [5.74, 6) is -0.336. The average Bonchev–Trinajstić information content (AvgIpc) is 3.20. The number of aliphatic hydroxyl groups is 1. The topological polar surface area (TPSA) is 74.2 Å². The van der Waals surface area contributed by atoms with Crippen LogP contribution in [0.25, 0.3) is 10.4 Å². The molecule has 1 saturated heterocycles. The van der Waals surface area contributed by atoms with Crippen LogP contribution < -0.4 is 10.6 Å². The number of benzene rings is 1. The third-order valence-electron chi connectivity index (χ3n) is 4.27. The lowest BCUT2D eigenvalue weighted by Crippen LogP contribution is -2.40. The molecule has 2 heterocycles. The third kappa shape index (κ3) is 5.57. The summed E-state index contributed by atoms with van der Waals surface area (Å²) >= 11 is 1.16. The number of amides is 1. The van der Waals surface area contributed by atoms with E-state index in [4.69, 9.17) is 0 Å². The molecule has 3 rings (SSSR count). The molecule has 2 atom stereocenters. The second-order valence-electron chi connectivity index (χ2n) is 6.21. The fourth-order valence-corrected chi connectivity index (χ4v) is 3.77. The molecule has 28 heavy (non-hydrogen) atoms. The largest absolute Gasteiger partial charge is 0.417 e. The zero-order valence-corrected chi connectivity index (χ0v) is 17.2. The number of rotatable bonds is 4. The number of thiazole rings is 1. The van der Waals surface area contributed by atoms with Crippen molar-refractivity contribution in [1.29, 1.82) is 0 Å². The molecule has 1 aliphatic rings. The Kier molecular flexibility index (Phi) is 8.70. The van der Waals surface area contributed by atoms with Crippen LogP contribution in [0.5, 0.6) is 0 Å². The Morgan fingerprint density at radius 2 is 2.11 bits per heavy atom. The summed E-state index contributed by atoms with van der Waals surface area (Å²) in [6, 6.07) is 3.53. The first-order valence-corrected chi connectivity index (χ1v) is 8.93. The van der Waals surface area contributed by atoms with Crippen molar-refractivity contribution >= 4 is 42.1 Å². The van der Waals surface area contributed by atoms with Crippen molar-refractivity contribution in [3.05, 3.63) is 40.5 Å². The number of nitrogens with zero attached hydrogens (tertiary/aromatic N) is 1. The second kappa shape index (κ2) is 9.89. The molecule has 0 radical (unpaired) electrons. The molecule has 0 aliphatic carbocycles. The van der Waals surface area contributed by atoms with E-state index in [2.05, 4.69) is 15.6 Å². The Labute approximate surface area is 176 Å². The Hall–Kier alpha value is -1.39. The van der Waals surface area contributed by atoms with Crippen molar-refractivity contribution in [2.45, 2.75) is 38.2 Å². The Morgan fingerprint density at radius 3 is 2.64 bits per heavy atom. The molecule has 0 unspecified atom stereocenters. The fraction of sp³-hybridized carbons (Fsp3) is 0.412. The SMILES string of the molecule is Cc1ncsc1-c1ccc(CNC(=O)[C@@H]2C[C@@H](O)CN2)cc1C(F)(F)F.Cl.Cl. The number of carbonyl (C=O) groups is 1. The van der Waals surface area contributed by atoms with Gasteiger partial charge in [0.1, 0.15) is 0 Å². The quantitative estimate of drug-likeness (QED) is 0.658. The molecule has 11 heteroatoms. The van der Waals surface area contributed by atoms with E-state index in [9.17, 15) is 23.1 Å². The normalized spacial score (nSPS) is 18.9. The smallest absolute Gasteiger partial charge is 0.392 e. The molecule has 1 aromatic heterocycles. The first-order valence-electron chi connectivity index (χ1n) is 8.05. The zero-order valence-electron chi connectivity index (χ0n) is 14.7. The monoisotopic (exact) mass is 457 g/mol. The summed E-state index contributed by atoms with van der Waals surface area (Å²) in [4.78, 5) is 16.5. The minimum Gasteiger partial charge on any atom is -0.392 e. The molecular formula is C17H20Cl2F3N3O2S. The van der Waals surface area contributed by atoms with Gasteiger partial charge in [-0.25, -0.2) is 4.98 Å². The first kappa shape index (κ1) is 24.6. The van der Waals surface area contributed by atoms with Gasteiger partial charge in [0.25, 0.3) is 0 Å². The maximum atomic E-state index is 13.5. The minimum absolute atomic E-state index is 0. The number of aryl methyl sites for hydroxylation is 1. The van der Waals surface area contributed by atoms with Crippen molar-refractivity contribution in [2.75, 3.05) is 6.54 Å². The lowest BCUT2D eigenvalue weighted by Gasteiger charge is -2.15. The lowest BCUT2D eigenvalue weighted by molar-refractivity contribution is -0.137. The Bertz CT molecular complexity index is 817. The predicted octanol–water partition coefficient (Wildman–Crippen LogP) is 3.32. The molecule has 0 saturated carbocycles. The summed E-state index contributed by atoms with van der Waals surface area (Å²) in [5.41, 5.74) is 1.77. The van der Waals surface area contributed by atoms with Crippen molar-refractivity contribution < 1.29 is 23.1 Å². The van der Waals surface area contributed by atoms with Crippen LogP contribution in [-0.4, -0.2) is 34.7 Å². The molecule has 1 aliphatic heterocycles. The van der Waals surface area contributed by atoms with Gasteiger partial charge >= 0.3 is 6.18 Å². The van der Waals surface area contributed by atoms with E-state index in [1.165, 1.54) is 11.6 Å². The molecule has 3 N–H and O–H groups in total. The van der Waals surface area contributed by atoms with Crippen molar-refractivity contribution in [2.24, 2.45) is 0 Å². The number of β-amino-alcohol motifs (C(OH)–C–C–N with tert-alkyl or cyclic N) is 1. The van der Waals surface area contributed by atoms with Crippen molar-refractivity contribution in [3.8, 4) is 10.4 Å². The summed E-state index contributed by atoms with van der Waals surface area (Å²) in [7, 11) is 0. The number of hydrogen-bond acceptors (Lipinski definition) is 5. The lowest BCUT2D eigenvalue weighted by atomic mass is 10.0. The van der Waals surface area contributed by atoms with Gasteiger partial charge in [-0.05, 0) is 25.0 Å². The van der Waals surface area contributed by atoms with Crippen LogP contribution in [0.2, 0.25) is 0 Å². The van der Waals surface area contributed by atoms with E-state index in [0.29, 0.717) is 29.1 Å². The van der Waals surface area contributed by atoms with Crippen LogP contribution in [0.1, 0.15) is 23.2 Å². The van der Waals surface area contributed by atoms with E-state index >= 15 is 0 Å². The van der Waals surface area contributed by atoms with E-state index in [1.807, 2.05) is 0 Å². The number of alkyl halides is 3. The first-order chi connectivity index (χ1) is 12.3. The summed E-state index contributed by atoms with van der Waals surface area (Å²) < 4.78 is 40.5. The molecule has 156 valence electrons. The third-order valence-corrected chi connectivity index (χ3v) is 5.23. The van der Waals surface area contributed by atoms with E-state index in [-0.39, 0.29) is 42.8 Å². The number of nitrogens with one attached hydrogen (secondary N) is 2. The summed E-state index contributed by atoms with van der Waals surface area (Å²) in [5, 5.41) is 14.9. The van der Waals surface area contributed by atoms with Gasteiger partial charge in [-0.1, -0.05) is 12.1 Å². The van der Waals surface area contributed by atoms with Gasteiger partial charge in [0.05, 0.1) is 33.8 Å².